The van der Waals surface area contributed by atoms with Gasteiger partial charge in [0.2, 0.25) is 5.91 Å². The first-order valence-electron chi connectivity index (χ1n) is 6.02. The molecular weight excluding hydrogens is 252 g/mol. The monoisotopic (exact) mass is 268 g/mol. The summed E-state index contributed by atoms with van der Waals surface area (Å²) < 4.78 is 0. The molecule has 1 N–H and O–H groups in total. The molecule has 1 unspecified atom stereocenters. The molecule has 1 fully saturated rings. The van der Waals surface area contributed by atoms with Crippen LogP contribution in [-0.4, -0.2) is 48.7 Å². The Balaban J connectivity index is 2.35. The van der Waals surface area contributed by atoms with E-state index in [-0.39, 0.29) is 12.5 Å². The van der Waals surface area contributed by atoms with Crippen LogP contribution in [0, 0.1) is 0 Å². The van der Waals surface area contributed by atoms with E-state index in [0.717, 1.165) is 12.1 Å². The predicted octanol–water partition coefficient (Wildman–Crippen LogP) is 1.37. The van der Waals surface area contributed by atoms with E-state index in [4.69, 9.17) is 11.6 Å². The molecule has 0 aromatic heterocycles. The normalized spacial score (nSPS) is 21.1. The third-order valence-corrected chi connectivity index (χ3v) is 3.58. The Labute approximate surface area is 112 Å². The number of carbonyl (C=O) groups excluding carboxylic acids is 1. The number of halogens is 1. The second-order valence-electron chi connectivity index (χ2n) is 4.46. The Hall–Kier alpha value is -1.26. The molecule has 0 spiro atoms. The molecule has 1 amide bonds. The lowest BCUT2D eigenvalue weighted by Crippen LogP contribution is -2.47. The number of aliphatic hydroxyl groups excluding tert-OH is 1. The van der Waals surface area contributed by atoms with Gasteiger partial charge < -0.3 is 14.9 Å². The maximum Gasteiger partial charge on any atom is 0.247 e. The van der Waals surface area contributed by atoms with Crippen molar-refractivity contribution in [3.63, 3.8) is 0 Å². The van der Waals surface area contributed by atoms with Gasteiger partial charge in [0.25, 0.3) is 0 Å². The minimum atomic E-state index is -0.544. The number of amides is 1. The van der Waals surface area contributed by atoms with E-state index in [1.165, 1.54) is 0 Å². The van der Waals surface area contributed by atoms with Gasteiger partial charge in [0.1, 0.15) is 6.04 Å². The van der Waals surface area contributed by atoms with Crippen LogP contribution in [0.2, 0.25) is 5.02 Å². The molecule has 1 aromatic carbocycles. The highest BCUT2D eigenvalue weighted by Crippen LogP contribution is 2.28. The average Bonchev–Trinajstić information content (AvgIpc) is 2.50. The van der Waals surface area contributed by atoms with E-state index in [9.17, 15) is 9.90 Å². The summed E-state index contributed by atoms with van der Waals surface area (Å²) in [4.78, 5) is 15.7. The third kappa shape index (κ3) is 2.44. The van der Waals surface area contributed by atoms with Gasteiger partial charge >= 0.3 is 0 Å². The van der Waals surface area contributed by atoms with E-state index < -0.39 is 6.04 Å². The van der Waals surface area contributed by atoms with Crippen molar-refractivity contribution in [1.82, 2.24) is 4.90 Å². The molecule has 18 heavy (non-hydrogen) atoms. The number of hydrogen-bond donors (Lipinski definition) is 1. The first kappa shape index (κ1) is 13.2. The summed E-state index contributed by atoms with van der Waals surface area (Å²) in [6, 6.07) is 6.87. The van der Waals surface area contributed by atoms with E-state index in [2.05, 4.69) is 0 Å². The maximum atomic E-state index is 12.2. The van der Waals surface area contributed by atoms with Gasteiger partial charge in [-0.1, -0.05) is 23.7 Å². The second-order valence-corrected chi connectivity index (χ2v) is 4.86. The molecular formula is C13H17ClN2O2. The summed E-state index contributed by atoms with van der Waals surface area (Å²) >= 11 is 6.17. The lowest BCUT2D eigenvalue weighted by atomic mass is 10.2. The molecule has 4 nitrogen and oxygen atoms in total. The SMILES string of the molecule is CN1CCCN(c2ccccc2Cl)C(CO)C1=O. The van der Waals surface area contributed by atoms with Gasteiger partial charge in [0.05, 0.1) is 17.3 Å². The molecule has 1 saturated heterocycles. The quantitative estimate of drug-likeness (QED) is 0.881. The summed E-state index contributed by atoms with van der Waals surface area (Å²) in [5, 5.41) is 10.1. The fourth-order valence-corrected chi connectivity index (χ4v) is 2.53. The summed E-state index contributed by atoms with van der Waals surface area (Å²) in [6.07, 6.45) is 0.865. The zero-order valence-corrected chi connectivity index (χ0v) is 11.1. The van der Waals surface area contributed by atoms with Crippen molar-refractivity contribution in [2.45, 2.75) is 12.5 Å². The first-order valence-corrected chi connectivity index (χ1v) is 6.40. The lowest BCUT2D eigenvalue weighted by molar-refractivity contribution is -0.131. The Bertz CT molecular complexity index is 439. The van der Waals surface area contributed by atoms with E-state index >= 15 is 0 Å². The Kier molecular flexibility index (Phi) is 4.09. The standard InChI is InChI=1S/C13H17ClN2O2/c1-15-7-4-8-16(12(9-17)13(15)18)11-6-3-2-5-10(11)14/h2-3,5-6,12,17H,4,7-9H2,1H3. The fourth-order valence-electron chi connectivity index (χ4n) is 2.28. The number of aliphatic hydroxyl groups is 1. The highest BCUT2D eigenvalue weighted by molar-refractivity contribution is 6.33. The minimum Gasteiger partial charge on any atom is -0.394 e. The van der Waals surface area contributed by atoms with E-state index in [1.54, 1.807) is 18.0 Å². The van der Waals surface area contributed by atoms with Crippen molar-refractivity contribution in [2.75, 3.05) is 31.6 Å². The molecule has 2 rings (SSSR count). The first-order chi connectivity index (χ1) is 8.65. The summed E-state index contributed by atoms with van der Waals surface area (Å²) in [5.41, 5.74) is 0.807. The van der Waals surface area contributed by atoms with Crippen molar-refractivity contribution in [3.05, 3.63) is 29.3 Å². The van der Waals surface area contributed by atoms with Crippen LogP contribution >= 0.6 is 11.6 Å². The van der Waals surface area contributed by atoms with Crippen LogP contribution in [-0.2, 0) is 4.79 Å². The molecule has 0 aliphatic carbocycles. The smallest absolute Gasteiger partial charge is 0.247 e. The number of benzene rings is 1. The summed E-state index contributed by atoms with van der Waals surface area (Å²) in [5.74, 6) is -0.0603. The molecule has 0 saturated carbocycles. The van der Waals surface area contributed by atoms with Gasteiger partial charge in [-0.25, -0.2) is 0 Å². The van der Waals surface area contributed by atoms with Crippen molar-refractivity contribution >= 4 is 23.2 Å². The zero-order valence-electron chi connectivity index (χ0n) is 10.3. The molecule has 1 heterocycles. The van der Waals surface area contributed by atoms with Gasteiger partial charge in [0, 0.05) is 20.1 Å². The molecule has 5 heteroatoms. The van der Waals surface area contributed by atoms with Crippen LogP contribution in [0.3, 0.4) is 0 Å². The van der Waals surface area contributed by atoms with Crippen LogP contribution < -0.4 is 4.90 Å². The van der Waals surface area contributed by atoms with E-state index in [1.807, 2.05) is 23.1 Å². The summed E-state index contributed by atoms with van der Waals surface area (Å²) in [6.45, 7) is 1.22. The Morgan fingerprint density at radius 2 is 2.11 bits per heavy atom. The van der Waals surface area contributed by atoms with Crippen LogP contribution in [0.15, 0.2) is 24.3 Å². The number of para-hydroxylation sites is 1. The van der Waals surface area contributed by atoms with Gasteiger partial charge in [0.15, 0.2) is 0 Å². The number of anilines is 1. The summed E-state index contributed by atoms with van der Waals surface area (Å²) in [7, 11) is 1.76. The van der Waals surface area contributed by atoms with Crippen LogP contribution in [0.1, 0.15) is 6.42 Å². The molecule has 0 bridgehead atoms. The molecule has 1 aliphatic rings. The number of likely N-dealkylation sites (N-methyl/N-ethyl adjacent to an activating group) is 1. The van der Waals surface area contributed by atoms with Gasteiger partial charge in [-0.2, -0.15) is 0 Å². The van der Waals surface area contributed by atoms with Crippen LogP contribution in [0.5, 0.6) is 0 Å². The second kappa shape index (κ2) is 5.59. The fraction of sp³-hybridized carbons (Fsp3) is 0.462. The highest BCUT2D eigenvalue weighted by atomic mass is 35.5. The average molecular weight is 269 g/mol. The number of nitrogens with zero attached hydrogens (tertiary/aromatic N) is 2. The van der Waals surface area contributed by atoms with Crippen molar-refractivity contribution in [2.24, 2.45) is 0 Å². The van der Waals surface area contributed by atoms with Gasteiger partial charge in [-0.3, -0.25) is 4.79 Å². The third-order valence-electron chi connectivity index (χ3n) is 3.26. The number of hydrogen-bond acceptors (Lipinski definition) is 3. The highest BCUT2D eigenvalue weighted by Gasteiger charge is 2.31. The molecule has 1 atom stereocenters. The van der Waals surface area contributed by atoms with Crippen molar-refractivity contribution in [1.29, 1.82) is 0 Å². The molecule has 98 valence electrons. The van der Waals surface area contributed by atoms with Gasteiger partial charge in [-0.15, -0.1) is 0 Å². The maximum absolute atomic E-state index is 12.2. The van der Waals surface area contributed by atoms with Crippen LogP contribution in [0.25, 0.3) is 0 Å². The molecule has 1 aliphatic heterocycles. The van der Waals surface area contributed by atoms with Gasteiger partial charge in [-0.05, 0) is 18.6 Å². The Morgan fingerprint density at radius 3 is 2.78 bits per heavy atom. The predicted molar refractivity (Wildman–Crippen MR) is 71.9 cm³/mol. The topological polar surface area (TPSA) is 43.8 Å². The number of rotatable bonds is 2. The van der Waals surface area contributed by atoms with Crippen LogP contribution in [0.4, 0.5) is 5.69 Å². The Morgan fingerprint density at radius 1 is 1.39 bits per heavy atom. The molecule has 1 aromatic rings. The van der Waals surface area contributed by atoms with Crippen molar-refractivity contribution in [3.8, 4) is 0 Å². The molecule has 0 radical (unpaired) electrons. The van der Waals surface area contributed by atoms with Crippen molar-refractivity contribution < 1.29 is 9.90 Å². The largest absolute Gasteiger partial charge is 0.394 e. The van der Waals surface area contributed by atoms with E-state index in [0.29, 0.717) is 18.1 Å². The zero-order chi connectivity index (χ0) is 13.1. The number of carbonyl (C=O) groups is 1. The minimum absolute atomic E-state index is 0.0603. The lowest BCUT2D eigenvalue weighted by Gasteiger charge is -2.30.